The van der Waals surface area contributed by atoms with E-state index < -0.39 is 11.9 Å². The Kier molecular flexibility index (Phi) is 6.88. The van der Waals surface area contributed by atoms with Crippen LogP contribution in [0.15, 0.2) is 0 Å². The van der Waals surface area contributed by atoms with Crippen LogP contribution in [0.2, 0.25) is 0 Å². The topological polar surface area (TPSA) is 93.4 Å². The molecule has 1 unspecified atom stereocenters. The van der Waals surface area contributed by atoms with Crippen molar-refractivity contribution in [2.24, 2.45) is 5.92 Å². The highest BCUT2D eigenvalue weighted by atomic mass is 16.4. The molecule has 0 aliphatic rings. The third-order valence-corrected chi connectivity index (χ3v) is 2.13. The molecule has 1 amide bonds. The monoisotopic (exact) mass is 227 g/mol. The van der Waals surface area contributed by atoms with E-state index in [9.17, 15) is 9.59 Å². The minimum atomic E-state index is -0.879. The minimum absolute atomic E-state index is 0.0229. The second kappa shape index (κ2) is 7.65. The predicted molar refractivity (Wildman–Crippen MR) is 57.5 cm³/mol. The van der Waals surface area contributed by atoms with E-state index in [0.717, 1.165) is 0 Å². The Balaban J connectivity index is 4.05. The molecule has 0 spiro atoms. The number of amides is 1. The molecule has 0 heterocycles. The summed E-state index contributed by atoms with van der Waals surface area (Å²) in [6.07, 6.45) is 0. The van der Waals surface area contributed by atoms with Crippen LogP contribution in [0.3, 0.4) is 0 Å². The van der Waals surface area contributed by atoms with E-state index >= 15 is 0 Å². The molecule has 6 nitrogen and oxygen atoms in total. The first-order chi connectivity index (χ1) is 7.51. The zero-order valence-corrected chi connectivity index (χ0v) is 9.56. The summed E-state index contributed by atoms with van der Waals surface area (Å²) in [6, 6.07) is 1.80. The molecule has 0 aliphatic carbocycles. The second-order valence-electron chi connectivity index (χ2n) is 3.50. The van der Waals surface area contributed by atoms with Crippen LogP contribution in [0.25, 0.3) is 0 Å². The quantitative estimate of drug-likeness (QED) is 0.581. The number of carboxylic acid groups (broad SMARTS) is 1. The first-order valence-electron chi connectivity index (χ1n) is 5.10. The lowest BCUT2D eigenvalue weighted by atomic mass is 10.1. The summed E-state index contributed by atoms with van der Waals surface area (Å²) in [7, 11) is 0. The number of hydrogen-bond acceptors (Lipinski definition) is 4. The van der Waals surface area contributed by atoms with Crippen LogP contribution in [0, 0.1) is 17.2 Å². The molecule has 90 valence electrons. The largest absolute Gasteiger partial charge is 0.481 e. The van der Waals surface area contributed by atoms with Crippen molar-refractivity contribution in [3.8, 4) is 6.07 Å². The van der Waals surface area contributed by atoms with E-state index in [1.807, 2.05) is 6.92 Å². The molecule has 0 aromatic rings. The van der Waals surface area contributed by atoms with Gasteiger partial charge in [0.15, 0.2) is 0 Å². The number of nitriles is 1. The normalized spacial score (nSPS) is 11.9. The summed E-state index contributed by atoms with van der Waals surface area (Å²) in [4.78, 5) is 23.6. The van der Waals surface area contributed by atoms with Crippen LogP contribution in [0.5, 0.6) is 0 Å². The van der Waals surface area contributed by atoms with Crippen LogP contribution in [0.1, 0.15) is 13.8 Å². The number of nitrogens with one attached hydrogen (secondary N) is 1. The Morgan fingerprint density at radius 3 is 2.62 bits per heavy atom. The molecule has 0 saturated heterocycles. The third kappa shape index (κ3) is 5.98. The highest BCUT2D eigenvalue weighted by Crippen LogP contribution is 1.99. The first kappa shape index (κ1) is 14.4. The lowest BCUT2D eigenvalue weighted by molar-refractivity contribution is -0.142. The summed E-state index contributed by atoms with van der Waals surface area (Å²) in [5.74, 6) is -1.65. The van der Waals surface area contributed by atoms with Gasteiger partial charge in [0.2, 0.25) is 5.91 Å². The molecule has 16 heavy (non-hydrogen) atoms. The fraction of sp³-hybridized carbons (Fsp3) is 0.700. The van der Waals surface area contributed by atoms with E-state index in [-0.39, 0.29) is 19.0 Å². The van der Waals surface area contributed by atoms with Gasteiger partial charge in [-0.05, 0) is 6.54 Å². The van der Waals surface area contributed by atoms with E-state index in [1.54, 1.807) is 17.9 Å². The van der Waals surface area contributed by atoms with E-state index in [2.05, 4.69) is 5.32 Å². The molecule has 2 N–H and O–H groups in total. The van der Waals surface area contributed by atoms with Crippen molar-refractivity contribution in [3.63, 3.8) is 0 Å². The number of hydrogen-bond donors (Lipinski definition) is 2. The molecule has 0 aromatic carbocycles. The molecule has 0 radical (unpaired) electrons. The number of aliphatic carboxylic acids is 1. The van der Waals surface area contributed by atoms with Gasteiger partial charge in [0, 0.05) is 6.54 Å². The number of carbonyl (C=O) groups excluding carboxylic acids is 1. The maximum atomic E-state index is 11.3. The van der Waals surface area contributed by atoms with Crippen LogP contribution in [-0.2, 0) is 9.59 Å². The van der Waals surface area contributed by atoms with Crippen LogP contribution < -0.4 is 5.32 Å². The van der Waals surface area contributed by atoms with E-state index in [0.29, 0.717) is 13.1 Å². The molecular formula is C10H17N3O3. The molecule has 0 bridgehead atoms. The Bertz CT molecular complexity index is 286. The maximum absolute atomic E-state index is 11.3. The van der Waals surface area contributed by atoms with Gasteiger partial charge in [0.05, 0.1) is 18.5 Å². The standard InChI is InChI=1S/C10H17N3O3/c1-3-13(6-8(2)10(15)16)7-9(14)12-5-4-11/h8H,3,5-7H2,1-2H3,(H,12,14)(H,15,16). The fourth-order valence-electron chi connectivity index (χ4n) is 1.17. The molecule has 0 aromatic heterocycles. The number of carboxylic acids is 1. The summed E-state index contributed by atoms with van der Waals surface area (Å²) < 4.78 is 0. The summed E-state index contributed by atoms with van der Waals surface area (Å²) >= 11 is 0. The Hall–Kier alpha value is -1.61. The molecular weight excluding hydrogens is 210 g/mol. The van der Waals surface area contributed by atoms with Gasteiger partial charge in [-0.1, -0.05) is 13.8 Å². The number of carbonyl (C=O) groups is 2. The summed E-state index contributed by atoms with van der Waals surface area (Å²) in [6.45, 7) is 4.47. The van der Waals surface area contributed by atoms with Crippen molar-refractivity contribution >= 4 is 11.9 Å². The van der Waals surface area contributed by atoms with Crippen molar-refractivity contribution in [3.05, 3.63) is 0 Å². The van der Waals surface area contributed by atoms with Crippen LogP contribution in [-0.4, -0.2) is 48.1 Å². The van der Waals surface area contributed by atoms with Gasteiger partial charge in [-0.15, -0.1) is 0 Å². The molecule has 0 aliphatic heterocycles. The van der Waals surface area contributed by atoms with Gasteiger partial charge in [-0.25, -0.2) is 0 Å². The average Bonchev–Trinajstić information content (AvgIpc) is 2.24. The fourth-order valence-corrected chi connectivity index (χ4v) is 1.17. The van der Waals surface area contributed by atoms with Crippen LogP contribution >= 0.6 is 0 Å². The van der Waals surface area contributed by atoms with Gasteiger partial charge >= 0.3 is 5.97 Å². The lowest BCUT2D eigenvalue weighted by Crippen LogP contribution is -2.40. The zero-order chi connectivity index (χ0) is 12.6. The highest BCUT2D eigenvalue weighted by molar-refractivity contribution is 5.78. The van der Waals surface area contributed by atoms with Gasteiger partial charge in [-0.2, -0.15) is 5.26 Å². The highest BCUT2D eigenvalue weighted by Gasteiger charge is 2.16. The van der Waals surface area contributed by atoms with Gasteiger partial charge in [-0.3, -0.25) is 14.5 Å². The lowest BCUT2D eigenvalue weighted by Gasteiger charge is -2.21. The molecule has 0 saturated carbocycles. The number of nitrogens with zero attached hydrogens (tertiary/aromatic N) is 2. The van der Waals surface area contributed by atoms with Crippen molar-refractivity contribution in [2.45, 2.75) is 13.8 Å². The van der Waals surface area contributed by atoms with Crippen molar-refractivity contribution < 1.29 is 14.7 Å². The van der Waals surface area contributed by atoms with Gasteiger partial charge in [0.1, 0.15) is 6.54 Å². The second-order valence-corrected chi connectivity index (χ2v) is 3.50. The van der Waals surface area contributed by atoms with Crippen molar-refractivity contribution in [1.29, 1.82) is 5.26 Å². The Labute approximate surface area is 94.8 Å². The Morgan fingerprint density at radius 2 is 2.19 bits per heavy atom. The molecule has 6 heteroatoms. The van der Waals surface area contributed by atoms with E-state index in [4.69, 9.17) is 10.4 Å². The Morgan fingerprint density at radius 1 is 1.56 bits per heavy atom. The predicted octanol–water partition coefficient (Wildman–Crippen LogP) is -0.331. The van der Waals surface area contributed by atoms with Crippen molar-refractivity contribution in [1.82, 2.24) is 10.2 Å². The van der Waals surface area contributed by atoms with Crippen LogP contribution in [0.4, 0.5) is 0 Å². The molecule has 0 fully saturated rings. The first-order valence-corrected chi connectivity index (χ1v) is 5.10. The smallest absolute Gasteiger partial charge is 0.307 e. The van der Waals surface area contributed by atoms with Gasteiger partial charge < -0.3 is 10.4 Å². The number of likely N-dealkylation sites (N-methyl/N-ethyl adjacent to an activating group) is 1. The SMILES string of the molecule is CCN(CC(=O)NCC#N)CC(C)C(=O)O. The van der Waals surface area contributed by atoms with E-state index in [1.165, 1.54) is 0 Å². The van der Waals surface area contributed by atoms with Gasteiger partial charge in [0.25, 0.3) is 0 Å². The maximum Gasteiger partial charge on any atom is 0.307 e. The van der Waals surface area contributed by atoms with Crippen molar-refractivity contribution in [2.75, 3.05) is 26.2 Å². The third-order valence-electron chi connectivity index (χ3n) is 2.13. The molecule has 1 atom stereocenters. The zero-order valence-electron chi connectivity index (χ0n) is 9.56. The average molecular weight is 227 g/mol. The molecule has 0 rings (SSSR count). The summed E-state index contributed by atoms with van der Waals surface area (Å²) in [5, 5.41) is 19.4. The number of rotatable bonds is 7. The minimum Gasteiger partial charge on any atom is -0.481 e. The summed E-state index contributed by atoms with van der Waals surface area (Å²) in [5.41, 5.74) is 0.